The van der Waals surface area contributed by atoms with E-state index in [0.717, 1.165) is 11.1 Å². The molecule has 2 rings (SSSR count). The van der Waals surface area contributed by atoms with Gasteiger partial charge in [-0.3, -0.25) is 15.1 Å². The van der Waals surface area contributed by atoms with Gasteiger partial charge in [-0.05, 0) is 43.8 Å². The van der Waals surface area contributed by atoms with Gasteiger partial charge in [0.1, 0.15) is 0 Å². The van der Waals surface area contributed by atoms with Crippen LogP contribution >= 0.6 is 11.3 Å². The number of carbonyl (C=O) groups excluding carboxylic acids is 1. The van der Waals surface area contributed by atoms with E-state index in [1.807, 2.05) is 38.4 Å². The maximum atomic E-state index is 11.7. The van der Waals surface area contributed by atoms with Gasteiger partial charge in [-0.2, -0.15) is 0 Å². The fourth-order valence-corrected chi connectivity index (χ4v) is 2.76. The lowest BCUT2D eigenvalue weighted by Gasteiger charge is -2.19. The third kappa shape index (κ3) is 3.30. The molecule has 0 aliphatic carbocycles. The van der Waals surface area contributed by atoms with Gasteiger partial charge >= 0.3 is 0 Å². The van der Waals surface area contributed by atoms with E-state index < -0.39 is 0 Å². The second-order valence-corrected chi connectivity index (χ2v) is 5.52. The van der Waals surface area contributed by atoms with E-state index in [2.05, 4.69) is 21.7 Å². The van der Waals surface area contributed by atoms with Crippen molar-refractivity contribution in [2.45, 2.75) is 32.9 Å². The van der Waals surface area contributed by atoms with E-state index in [4.69, 9.17) is 0 Å². The van der Waals surface area contributed by atoms with Crippen molar-refractivity contribution in [1.82, 2.24) is 15.6 Å². The zero-order valence-corrected chi connectivity index (χ0v) is 12.3. The van der Waals surface area contributed by atoms with Crippen LogP contribution in [0.5, 0.6) is 0 Å². The first kappa shape index (κ1) is 14.0. The smallest absolute Gasteiger partial charge is 0.236 e. The van der Waals surface area contributed by atoms with Crippen molar-refractivity contribution >= 4 is 27.5 Å². The summed E-state index contributed by atoms with van der Waals surface area (Å²) < 4.78 is 1.18. The topological polar surface area (TPSA) is 54.0 Å². The Hall–Kier alpha value is -1.46. The van der Waals surface area contributed by atoms with Gasteiger partial charge in [-0.15, -0.1) is 11.3 Å². The van der Waals surface area contributed by atoms with Crippen molar-refractivity contribution in [3.63, 3.8) is 0 Å². The lowest BCUT2D eigenvalue weighted by atomic mass is 10.1. The van der Waals surface area contributed by atoms with E-state index in [1.165, 1.54) is 4.70 Å². The number of nitrogens with zero attached hydrogens (tertiary/aromatic N) is 1. The van der Waals surface area contributed by atoms with Gasteiger partial charge in [-0.1, -0.05) is 0 Å². The molecule has 2 aromatic heterocycles. The molecule has 0 aliphatic rings. The maximum absolute atomic E-state index is 11.7. The number of hydrogen-bond donors (Lipinski definition) is 2. The molecule has 19 heavy (non-hydrogen) atoms. The predicted molar refractivity (Wildman–Crippen MR) is 79.3 cm³/mol. The Morgan fingerprint density at radius 1 is 1.47 bits per heavy atom. The Kier molecular flexibility index (Phi) is 4.50. The van der Waals surface area contributed by atoms with Gasteiger partial charge in [0.05, 0.1) is 16.3 Å². The number of aromatic nitrogens is 1. The zero-order valence-electron chi connectivity index (χ0n) is 11.4. The monoisotopic (exact) mass is 277 g/mol. The van der Waals surface area contributed by atoms with Crippen LogP contribution in [0.3, 0.4) is 0 Å². The first-order valence-electron chi connectivity index (χ1n) is 6.48. The third-order valence-corrected chi connectivity index (χ3v) is 3.92. The van der Waals surface area contributed by atoms with Crippen molar-refractivity contribution in [3.8, 4) is 0 Å². The van der Waals surface area contributed by atoms with Gasteiger partial charge in [0.25, 0.3) is 0 Å². The predicted octanol–water partition coefficient (Wildman–Crippen LogP) is 2.47. The lowest BCUT2D eigenvalue weighted by molar-refractivity contribution is -0.122. The highest BCUT2D eigenvalue weighted by atomic mass is 32.1. The SMILES string of the molecule is CCNC(=O)C(C)NC(C)c1cnc2ccsc2c1. The summed E-state index contributed by atoms with van der Waals surface area (Å²) in [4.78, 5) is 16.1. The molecule has 2 aromatic rings. The maximum Gasteiger partial charge on any atom is 0.236 e. The molecule has 1 amide bonds. The number of fused-ring (bicyclic) bond motifs is 1. The molecule has 0 aliphatic heterocycles. The number of pyridine rings is 1. The van der Waals surface area contributed by atoms with Crippen LogP contribution in [-0.4, -0.2) is 23.5 Å². The van der Waals surface area contributed by atoms with Crippen LogP contribution in [0.15, 0.2) is 23.7 Å². The quantitative estimate of drug-likeness (QED) is 0.882. The summed E-state index contributed by atoms with van der Waals surface area (Å²) in [6.07, 6.45) is 1.87. The van der Waals surface area contributed by atoms with E-state index in [0.29, 0.717) is 6.54 Å². The Labute approximate surface area is 117 Å². The van der Waals surface area contributed by atoms with Crippen LogP contribution in [0.1, 0.15) is 32.4 Å². The van der Waals surface area contributed by atoms with E-state index in [9.17, 15) is 4.79 Å². The molecule has 0 saturated carbocycles. The second kappa shape index (κ2) is 6.12. The Bertz CT molecular complexity index is 567. The van der Waals surface area contributed by atoms with E-state index in [1.54, 1.807) is 11.3 Å². The van der Waals surface area contributed by atoms with Gasteiger partial charge < -0.3 is 5.32 Å². The molecule has 2 unspecified atom stereocenters. The zero-order chi connectivity index (χ0) is 13.8. The average Bonchev–Trinajstić information content (AvgIpc) is 2.85. The molecule has 102 valence electrons. The fraction of sp³-hybridized carbons (Fsp3) is 0.429. The first-order valence-corrected chi connectivity index (χ1v) is 7.36. The largest absolute Gasteiger partial charge is 0.355 e. The van der Waals surface area contributed by atoms with Crippen LogP contribution in [0, 0.1) is 0 Å². The molecule has 2 atom stereocenters. The van der Waals surface area contributed by atoms with Gasteiger partial charge in [0.2, 0.25) is 5.91 Å². The molecule has 0 saturated heterocycles. The number of nitrogens with one attached hydrogen (secondary N) is 2. The molecule has 0 spiro atoms. The molecule has 2 heterocycles. The minimum Gasteiger partial charge on any atom is -0.355 e. The van der Waals surface area contributed by atoms with Crippen molar-refractivity contribution in [3.05, 3.63) is 29.3 Å². The van der Waals surface area contributed by atoms with Crippen LogP contribution in [0.25, 0.3) is 10.2 Å². The lowest BCUT2D eigenvalue weighted by Crippen LogP contribution is -2.43. The summed E-state index contributed by atoms with van der Waals surface area (Å²) in [5, 5.41) is 8.14. The van der Waals surface area contributed by atoms with E-state index >= 15 is 0 Å². The molecule has 4 nitrogen and oxygen atoms in total. The summed E-state index contributed by atoms with van der Waals surface area (Å²) in [5.41, 5.74) is 2.13. The standard InChI is InChI=1S/C14H19N3OS/c1-4-15-14(18)10(3)17-9(2)11-7-13-12(16-8-11)5-6-19-13/h5-10,17H,4H2,1-3H3,(H,15,18). The molecule has 2 N–H and O–H groups in total. The number of carbonyl (C=O) groups is 1. The summed E-state index contributed by atoms with van der Waals surface area (Å²) in [5.74, 6) is 0.0273. The second-order valence-electron chi connectivity index (χ2n) is 4.58. The number of amides is 1. The van der Waals surface area contributed by atoms with Crippen molar-refractivity contribution in [1.29, 1.82) is 0 Å². The van der Waals surface area contributed by atoms with Crippen molar-refractivity contribution in [2.24, 2.45) is 0 Å². The van der Waals surface area contributed by atoms with Crippen molar-refractivity contribution in [2.75, 3.05) is 6.54 Å². The number of hydrogen-bond acceptors (Lipinski definition) is 4. The normalized spacial score (nSPS) is 14.3. The van der Waals surface area contributed by atoms with E-state index in [-0.39, 0.29) is 18.0 Å². The molecule has 0 radical (unpaired) electrons. The molecule has 0 bridgehead atoms. The number of thiophene rings is 1. The molecular formula is C14H19N3OS. The van der Waals surface area contributed by atoms with Gasteiger partial charge in [-0.25, -0.2) is 0 Å². The van der Waals surface area contributed by atoms with Crippen LogP contribution in [0.4, 0.5) is 0 Å². The highest BCUT2D eigenvalue weighted by Crippen LogP contribution is 2.22. The number of likely N-dealkylation sites (N-methyl/N-ethyl adjacent to an activating group) is 1. The third-order valence-electron chi connectivity index (χ3n) is 3.07. The fourth-order valence-electron chi connectivity index (χ4n) is 1.97. The Morgan fingerprint density at radius 3 is 3.00 bits per heavy atom. The molecule has 0 aromatic carbocycles. The van der Waals surface area contributed by atoms with Gasteiger partial charge in [0, 0.05) is 18.8 Å². The Morgan fingerprint density at radius 2 is 2.26 bits per heavy atom. The highest BCUT2D eigenvalue weighted by molar-refractivity contribution is 7.17. The molecule has 0 fully saturated rings. The molecular weight excluding hydrogens is 258 g/mol. The van der Waals surface area contributed by atoms with Crippen molar-refractivity contribution < 1.29 is 4.79 Å². The first-order chi connectivity index (χ1) is 9.11. The van der Waals surface area contributed by atoms with Gasteiger partial charge in [0.15, 0.2) is 0 Å². The summed E-state index contributed by atoms with van der Waals surface area (Å²) in [6, 6.07) is 4.03. The van der Waals surface area contributed by atoms with Crippen LogP contribution in [-0.2, 0) is 4.79 Å². The summed E-state index contributed by atoms with van der Waals surface area (Å²) in [7, 11) is 0. The molecule has 5 heteroatoms. The Balaban J connectivity index is 2.06. The summed E-state index contributed by atoms with van der Waals surface area (Å²) >= 11 is 1.68. The average molecular weight is 277 g/mol. The van der Waals surface area contributed by atoms with Crippen LogP contribution in [0.2, 0.25) is 0 Å². The summed E-state index contributed by atoms with van der Waals surface area (Å²) in [6.45, 7) is 6.50. The van der Waals surface area contributed by atoms with Crippen LogP contribution < -0.4 is 10.6 Å². The minimum atomic E-state index is -0.214. The highest BCUT2D eigenvalue weighted by Gasteiger charge is 2.16. The number of rotatable bonds is 5. The minimum absolute atomic E-state index is 0.0273.